The molecule has 2 unspecified atom stereocenters. The third kappa shape index (κ3) is 2.11. The normalized spacial score (nSPS) is 24.1. The molecule has 0 aliphatic carbocycles. The van der Waals surface area contributed by atoms with Gasteiger partial charge in [0.25, 0.3) is 0 Å². The molecule has 1 aliphatic rings. The van der Waals surface area contributed by atoms with E-state index in [-0.39, 0.29) is 6.10 Å². The van der Waals surface area contributed by atoms with Gasteiger partial charge in [0.1, 0.15) is 0 Å². The molecule has 2 heterocycles. The SMILES string of the molecule is CC1OCCC1Nc1cnc2ccccc2c1. The summed E-state index contributed by atoms with van der Waals surface area (Å²) in [6, 6.07) is 10.7. The Morgan fingerprint density at radius 2 is 2.24 bits per heavy atom. The van der Waals surface area contributed by atoms with Gasteiger partial charge in [-0.05, 0) is 25.5 Å². The van der Waals surface area contributed by atoms with Gasteiger partial charge in [0, 0.05) is 12.0 Å². The quantitative estimate of drug-likeness (QED) is 0.858. The molecule has 2 atom stereocenters. The number of ether oxygens (including phenoxy) is 1. The third-order valence-electron chi connectivity index (χ3n) is 3.32. The largest absolute Gasteiger partial charge is 0.378 e. The molecule has 0 saturated carbocycles. The van der Waals surface area contributed by atoms with Crippen molar-refractivity contribution >= 4 is 16.6 Å². The van der Waals surface area contributed by atoms with Crippen LogP contribution in [0.25, 0.3) is 10.9 Å². The van der Waals surface area contributed by atoms with Gasteiger partial charge in [-0.25, -0.2) is 0 Å². The van der Waals surface area contributed by atoms with Gasteiger partial charge in [-0.2, -0.15) is 0 Å². The lowest BCUT2D eigenvalue weighted by atomic mass is 10.1. The van der Waals surface area contributed by atoms with Gasteiger partial charge < -0.3 is 10.1 Å². The number of hydrogen-bond donors (Lipinski definition) is 1. The van der Waals surface area contributed by atoms with Crippen molar-refractivity contribution in [2.24, 2.45) is 0 Å². The van der Waals surface area contributed by atoms with Crippen molar-refractivity contribution in [3.63, 3.8) is 0 Å². The standard InChI is InChI=1S/C14H16N2O/c1-10-13(6-7-17-10)16-12-8-11-4-2-3-5-14(11)15-9-12/h2-5,8-10,13,16H,6-7H2,1H3. The number of anilines is 1. The van der Waals surface area contributed by atoms with Crippen molar-refractivity contribution in [2.45, 2.75) is 25.5 Å². The van der Waals surface area contributed by atoms with Crippen molar-refractivity contribution in [3.8, 4) is 0 Å². The summed E-state index contributed by atoms with van der Waals surface area (Å²) in [5, 5.41) is 4.67. The summed E-state index contributed by atoms with van der Waals surface area (Å²) in [5.41, 5.74) is 2.11. The second-order valence-electron chi connectivity index (χ2n) is 4.53. The van der Waals surface area contributed by atoms with Gasteiger partial charge in [0.15, 0.2) is 0 Å². The molecule has 0 radical (unpaired) electrons. The molecule has 1 saturated heterocycles. The summed E-state index contributed by atoms with van der Waals surface area (Å²) in [7, 11) is 0. The van der Waals surface area contributed by atoms with E-state index in [0.717, 1.165) is 24.2 Å². The Morgan fingerprint density at radius 3 is 3.06 bits per heavy atom. The van der Waals surface area contributed by atoms with Crippen LogP contribution in [0, 0.1) is 0 Å². The molecule has 3 nitrogen and oxygen atoms in total. The van der Waals surface area contributed by atoms with E-state index in [0.29, 0.717) is 6.04 Å². The summed E-state index contributed by atoms with van der Waals surface area (Å²) in [4.78, 5) is 4.44. The first kappa shape index (κ1) is 10.5. The van der Waals surface area contributed by atoms with E-state index in [1.807, 2.05) is 24.4 Å². The fourth-order valence-corrected chi connectivity index (χ4v) is 2.29. The first-order valence-corrected chi connectivity index (χ1v) is 6.06. The molecular weight excluding hydrogens is 212 g/mol. The van der Waals surface area contributed by atoms with Crippen LogP contribution in [0.3, 0.4) is 0 Å². The summed E-state index contributed by atoms with van der Waals surface area (Å²) in [6.07, 6.45) is 3.24. The average molecular weight is 228 g/mol. The third-order valence-corrected chi connectivity index (χ3v) is 3.32. The van der Waals surface area contributed by atoms with Gasteiger partial charge in [-0.1, -0.05) is 18.2 Å². The molecule has 0 bridgehead atoms. The van der Waals surface area contributed by atoms with Gasteiger partial charge in [0.2, 0.25) is 0 Å². The predicted octanol–water partition coefficient (Wildman–Crippen LogP) is 2.82. The van der Waals surface area contributed by atoms with Gasteiger partial charge in [-0.3, -0.25) is 4.98 Å². The van der Waals surface area contributed by atoms with E-state index in [1.165, 1.54) is 5.39 Å². The maximum absolute atomic E-state index is 5.54. The first-order chi connectivity index (χ1) is 8.33. The monoisotopic (exact) mass is 228 g/mol. The summed E-state index contributed by atoms with van der Waals surface area (Å²) >= 11 is 0. The smallest absolute Gasteiger partial charge is 0.0748 e. The van der Waals surface area contributed by atoms with Crippen molar-refractivity contribution in [1.29, 1.82) is 0 Å². The highest BCUT2D eigenvalue weighted by Crippen LogP contribution is 2.21. The molecule has 1 aromatic heterocycles. The molecule has 3 rings (SSSR count). The van der Waals surface area contributed by atoms with Gasteiger partial charge in [0.05, 0.1) is 29.5 Å². The fraction of sp³-hybridized carbons (Fsp3) is 0.357. The maximum atomic E-state index is 5.54. The highest BCUT2D eigenvalue weighted by molar-refractivity contribution is 5.81. The van der Waals surface area contributed by atoms with Crippen molar-refractivity contribution in [3.05, 3.63) is 36.5 Å². The number of fused-ring (bicyclic) bond motifs is 1. The maximum Gasteiger partial charge on any atom is 0.0748 e. The molecule has 17 heavy (non-hydrogen) atoms. The van der Waals surface area contributed by atoms with Gasteiger partial charge >= 0.3 is 0 Å². The van der Waals surface area contributed by atoms with Crippen LogP contribution in [0.2, 0.25) is 0 Å². The van der Waals surface area contributed by atoms with Crippen molar-refractivity contribution in [1.82, 2.24) is 4.98 Å². The molecule has 0 spiro atoms. The van der Waals surface area contributed by atoms with Crippen LogP contribution >= 0.6 is 0 Å². The second-order valence-corrected chi connectivity index (χ2v) is 4.53. The zero-order valence-corrected chi connectivity index (χ0v) is 9.89. The molecule has 88 valence electrons. The molecule has 2 aromatic rings. The highest BCUT2D eigenvalue weighted by Gasteiger charge is 2.23. The van der Waals surface area contributed by atoms with Crippen LogP contribution in [-0.2, 0) is 4.74 Å². The minimum absolute atomic E-state index is 0.279. The number of rotatable bonds is 2. The lowest BCUT2D eigenvalue weighted by Crippen LogP contribution is -2.26. The fourth-order valence-electron chi connectivity index (χ4n) is 2.29. The van der Waals surface area contributed by atoms with Crippen LogP contribution in [0.15, 0.2) is 36.5 Å². The Bertz CT molecular complexity index is 526. The first-order valence-electron chi connectivity index (χ1n) is 6.06. The topological polar surface area (TPSA) is 34.1 Å². The van der Waals surface area contributed by atoms with E-state index >= 15 is 0 Å². The molecule has 0 amide bonds. The predicted molar refractivity (Wildman–Crippen MR) is 69.2 cm³/mol. The van der Waals surface area contributed by atoms with E-state index in [4.69, 9.17) is 4.74 Å². The van der Waals surface area contributed by atoms with Crippen molar-refractivity contribution in [2.75, 3.05) is 11.9 Å². The van der Waals surface area contributed by atoms with Crippen LogP contribution in [0.5, 0.6) is 0 Å². The van der Waals surface area contributed by atoms with Crippen LogP contribution in [-0.4, -0.2) is 23.7 Å². The Hall–Kier alpha value is -1.61. The molecule has 1 N–H and O–H groups in total. The summed E-state index contributed by atoms with van der Waals surface area (Å²) < 4.78 is 5.54. The van der Waals surface area contributed by atoms with E-state index < -0.39 is 0 Å². The average Bonchev–Trinajstić information content (AvgIpc) is 2.75. The number of nitrogens with one attached hydrogen (secondary N) is 1. The van der Waals surface area contributed by atoms with Crippen molar-refractivity contribution < 1.29 is 4.74 Å². The zero-order chi connectivity index (χ0) is 11.7. The number of nitrogens with zero attached hydrogens (tertiary/aromatic N) is 1. The van der Waals surface area contributed by atoms with E-state index in [2.05, 4.69) is 29.4 Å². The van der Waals surface area contributed by atoms with E-state index in [1.54, 1.807) is 0 Å². The number of pyridine rings is 1. The summed E-state index contributed by atoms with van der Waals surface area (Å²) in [6.45, 7) is 2.96. The number of hydrogen-bond acceptors (Lipinski definition) is 3. The van der Waals surface area contributed by atoms with Crippen LogP contribution < -0.4 is 5.32 Å². The summed E-state index contributed by atoms with van der Waals surface area (Å²) in [5.74, 6) is 0. The molecule has 1 fully saturated rings. The van der Waals surface area contributed by atoms with E-state index in [9.17, 15) is 0 Å². The Labute approximate surface area is 101 Å². The Balaban J connectivity index is 1.85. The minimum Gasteiger partial charge on any atom is -0.378 e. The van der Waals surface area contributed by atoms with Crippen LogP contribution in [0.4, 0.5) is 5.69 Å². The lowest BCUT2D eigenvalue weighted by Gasteiger charge is -2.17. The molecule has 3 heteroatoms. The highest BCUT2D eigenvalue weighted by atomic mass is 16.5. The number of para-hydroxylation sites is 1. The second kappa shape index (κ2) is 4.34. The van der Waals surface area contributed by atoms with Gasteiger partial charge in [-0.15, -0.1) is 0 Å². The Kier molecular flexibility index (Phi) is 2.69. The number of aromatic nitrogens is 1. The minimum atomic E-state index is 0.279. The van der Waals surface area contributed by atoms with Crippen LogP contribution in [0.1, 0.15) is 13.3 Å². The molecular formula is C14H16N2O. The molecule has 1 aromatic carbocycles. The zero-order valence-electron chi connectivity index (χ0n) is 9.89. The number of benzene rings is 1. The molecule has 1 aliphatic heterocycles. The Morgan fingerprint density at radius 1 is 1.35 bits per heavy atom. The lowest BCUT2D eigenvalue weighted by molar-refractivity contribution is 0.121.